The number of aliphatic hydroxyl groups excluding tert-OH is 1. The van der Waals surface area contributed by atoms with Gasteiger partial charge in [-0.05, 0) is 24.5 Å². The Hall–Kier alpha value is -1.42. The zero-order valence-electron chi connectivity index (χ0n) is 9.00. The van der Waals surface area contributed by atoms with Crippen molar-refractivity contribution in [2.24, 2.45) is 5.10 Å². The van der Waals surface area contributed by atoms with Crippen LogP contribution in [0.4, 0.5) is 0 Å². The van der Waals surface area contributed by atoms with E-state index in [1.54, 1.807) is 17.4 Å². The molecular formula is C11H17N3O. The van der Waals surface area contributed by atoms with E-state index in [-0.39, 0.29) is 0 Å². The van der Waals surface area contributed by atoms with Crippen molar-refractivity contribution in [3.8, 4) is 0 Å². The summed E-state index contributed by atoms with van der Waals surface area (Å²) < 4.78 is 0. The second-order valence-corrected chi connectivity index (χ2v) is 3.47. The van der Waals surface area contributed by atoms with Crippen LogP contribution in [0.5, 0.6) is 0 Å². The summed E-state index contributed by atoms with van der Waals surface area (Å²) in [5.74, 6) is 0. The van der Waals surface area contributed by atoms with Crippen LogP contribution in [0.3, 0.4) is 0 Å². The average molecular weight is 207 g/mol. The number of hydrazone groups is 1. The summed E-state index contributed by atoms with van der Waals surface area (Å²) in [6.45, 7) is 4.23. The first-order chi connectivity index (χ1) is 7.24. The molecule has 1 atom stereocenters. The summed E-state index contributed by atoms with van der Waals surface area (Å²) in [4.78, 5) is 3.97. The minimum absolute atomic E-state index is 0.433. The Labute approximate surface area is 90.3 Å². The highest BCUT2D eigenvalue weighted by Gasteiger charge is 2.06. The van der Waals surface area contributed by atoms with E-state index in [1.807, 2.05) is 19.2 Å². The van der Waals surface area contributed by atoms with Crippen LogP contribution in [0.15, 0.2) is 29.6 Å². The van der Waals surface area contributed by atoms with Crippen molar-refractivity contribution in [1.82, 2.24) is 9.99 Å². The molecule has 0 spiro atoms. The number of hydrogen-bond donors (Lipinski definition) is 1. The van der Waals surface area contributed by atoms with Crippen LogP contribution >= 0.6 is 0 Å². The highest BCUT2D eigenvalue weighted by Crippen LogP contribution is 2.16. The molecule has 4 heteroatoms. The predicted molar refractivity (Wildman–Crippen MR) is 60.6 cm³/mol. The number of aliphatic hydroxyl groups is 1. The SMILES string of the molecule is C=NN(C)CCCC(O)c1cccnc1. The lowest BCUT2D eigenvalue weighted by atomic mass is 10.1. The molecule has 82 valence electrons. The van der Waals surface area contributed by atoms with Crippen molar-refractivity contribution in [3.05, 3.63) is 30.1 Å². The Morgan fingerprint density at radius 3 is 3.07 bits per heavy atom. The third-order valence-corrected chi connectivity index (χ3v) is 2.27. The summed E-state index contributed by atoms with van der Waals surface area (Å²) in [5, 5.41) is 15.3. The molecule has 0 aliphatic rings. The van der Waals surface area contributed by atoms with Crippen LogP contribution in [0.2, 0.25) is 0 Å². The molecule has 0 aliphatic carbocycles. The van der Waals surface area contributed by atoms with Gasteiger partial charge < -0.3 is 10.1 Å². The molecule has 0 saturated heterocycles. The van der Waals surface area contributed by atoms with E-state index < -0.39 is 6.10 Å². The Bertz CT molecular complexity index is 289. The normalized spacial score (nSPS) is 12.1. The van der Waals surface area contributed by atoms with Gasteiger partial charge in [-0.1, -0.05) is 6.07 Å². The third-order valence-electron chi connectivity index (χ3n) is 2.27. The fourth-order valence-electron chi connectivity index (χ4n) is 1.32. The van der Waals surface area contributed by atoms with Crippen LogP contribution in [-0.4, -0.2) is 35.4 Å². The van der Waals surface area contributed by atoms with Crippen molar-refractivity contribution in [2.75, 3.05) is 13.6 Å². The predicted octanol–water partition coefficient (Wildman–Crippen LogP) is 1.44. The van der Waals surface area contributed by atoms with Gasteiger partial charge in [-0.3, -0.25) is 4.98 Å². The van der Waals surface area contributed by atoms with Gasteiger partial charge in [0.25, 0.3) is 0 Å². The molecule has 4 nitrogen and oxygen atoms in total. The zero-order valence-corrected chi connectivity index (χ0v) is 9.00. The minimum atomic E-state index is -0.433. The Kier molecular flexibility index (Phi) is 4.77. The van der Waals surface area contributed by atoms with E-state index in [0.717, 1.165) is 18.5 Å². The number of rotatable bonds is 6. The highest BCUT2D eigenvalue weighted by atomic mass is 16.3. The molecule has 1 aromatic heterocycles. The summed E-state index contributed by atoms with van der Waals surface area (Å²) in [6.07, 6.45) is 4.56. The van der Waals surface area contributed by atoms with Gasteiger partial charge in [0.2, 0.25) is 0 Å². The smallest absolute Gasteiger partial charge is 0.0805 e. The average Bonchev–Trinajstić information content (AvgIpc) is 2.29. The first kappa shape index (κ1) is 11.7. The van der Waals surface area contributed by atoms with E-state index in [2.05, 4.69) is 16.8 Å². The molecular weight excluding hydrogens is 190 g/mol. The largest absolute Gasteiger partial charge is 0.388 e. The Morgan fingerprint density at radius 2 is 2.47 bits per heavy atom. The number of hydrogen-bond acceptors (Lipinski definition) is 4. The molecule has 0 saturated carbocycles. The van der Waals surface area contributed by atoms with Gasteiger partial charge >= 0.3 is 0 Å². The summed E-state index contributed by atoms with van der Waals surface area (Å²) in [5.41, 5.74) is 0.867. The molecule has 1 heterocycles. The zero-order chi connectivity index (χ0) is 11.1. The molecule has 0 aromatic carbocycles. The lowest BCUT2D eigenvalue weighted by Gasteiger charge is -2.14. The van der Waals surface area contributed by atoms with Crippen LogP contribution in [0.1, 0.15) is 24.5 Å². The lowest BCUT2D eigenvalue weighted by molar-refractivity contribution is 0.158. The molecule has 1 unspecified atom stereocenters. The molecule has 0 aliphatic heterocycles. The highest BCUT2D eigenvalue weighted by molar-refractivity contribution is 5.22. The first-order valence-corrected chi connectivity index (χ1v) is 5.00. The minimum Gasteiger partial charge on any atom is -0.388 e. The summed E-state index contributed by atoms with van der Waals surface area (Å²) in [7, 11) is 1.86. The molecule has 1 aromatic rings. The van der Waals surface area contributed by atoms with Gasteiger partial charge in [-0.2, -0.15) is 5.10 Å². The van der Waals surface area contributed by atoms with Crippen molar-refractivity contribution >= 4 is 6.72 Å². The molecule has 0 amide bonds. The number of nitrogens with zero attached hydrogens (tertiary/aromatic N) is 3. The molecule has 0 radical (unpaired) electrons. The molecule has 1 rings (SSSR count). The van der Waals surface area contributed by atoms with E-state index in [0.29, 0.717) is 6.42 Å². The van der Waals surface area contributed by atoms with Crippen LogP contribution in [0, 0.1) is 0 Å². The van der Waals surface area contributed by atoms with Crippen molar-refractivity contribution in [1.29, 1.82) is 0 Å². The second kappa shape index (κ2) is 6.14. The molecule has 15 heavy (non-hydrogen) atoms. The Morgan fingerprint density at radius 1 is 1.67 bits per heavy atom. The maximum Gasteiger partial charge on any atom is 0.0805 e. The van der Waals surface area contributed by atoms with Gasteiger partial charge in [0.1, 0.15) is 0 Å². The molecule has 0 fully saturated rings. The maximum absolute atomic E-state index is 9.80. The Balaban J connectivity index is 2.31. The van der Waals surface area contributed by atoms with Gasteiger partial charge in [-0.25, -0.2) is 0 Å². The van der Waals surface area contributed by atoms with Gasteiger partial charge in [0.05, 0.1) is 6.10 Å². The monoisotopic (exact) mass is 207 g/mol. The van der Waals surface area contributed by atoms with Crippen molar-refractivity contribution in [3.63, 3.8) is 0 Å². The van der Waals surface area contributed by atoms with Gasteiger partial charge in [0, 0.05) is 32.7 Å². The summed E-state index contributed by atoms with van der Waals surface area (Å²) in [6, 6.07) is 3.71. The molecule has 0 bridgehead atoms. The second-order valence-electron chi connectivity index (χ2n) is 3.47. The fraction of sp³-hybridized carbons (Fsp3) is 0.455. The standard InChI is InChI=1S/C11H17N3O/c1-12-14(2)8-4-6-11(15)10-5-3-7-13-9-10/h3,5,7,9,11,15H,1,4,6,8H2,2H3. The molecule has 1 N–H and O–H groups in total. The number of pyridine rings is 1. The van der Waals surface area contributed by atoms with Gasteiger partial charge in [0.15, 0.2) is 0 Å². The van der Waals surface area contributed by atoms with E-state index >= 15 is 0 Å². The van der Waals surface area contributed by atoms with E-state index in [4.69, 9.17) is 0 Å². The van der Waals surface area contributed by atoms with Crippen LogP contribution < -0.4 is 0 Å². The van der Waals surface area contributed by atoms with Crippen LogP contribution in [-0.2, 0) is 0 Å². The first-order valence-electron chi connectivity index (χ1n) is 5.00. The topological polar surface area (TPSA) is 48.7 Å². The fourth-order valence-corrected chi connectivity index (χ4v) is 1.32. The van der Waals surface area contributed by atoms with Gasteiger partial charge in [-0.15, -0.1) is 0 Å². The van der Waals surface area contributed by atoms with E-state index in [9.17, 15) is 5.11 Å². The number of aromatic nitrogens is 1. The van der Waals surface area contributed by atoms with Crippen LogP contribution in [0.25, 0.3) is 0 Å². The maximum atomic E-state index is 9.80. The third kappa shape index (κ3) is 4.08. The summed E-state index contributed by atoms with van der Waals surface area (Å²) >= 11 is 0. The quantitative estimate of drug-likeness (QED) is 0.567. The van der Waals surface area contributed by atoms with Crippen molar-refractivity contribution in [2.45, 2.75) is 18.9 Å². The van der Waals surface area contributed by atoms with E-state index in [1.165, 1.54) is 0 Å². The lowest BCUT2D eigenvalue weighted by Crippen LogP contribution is -2.12. The van der Waals surface area contributed by atoms with Crippen molar-refractivity contribution < 1.29 is 5.11 Å².